The molecule has 13 heteroatoms. The predicted molar refractivity (Wildman–Crippen MR) is 90.3 cm³/mol. The second-order valence-corrected chi connectivity index (χ2v) is 6.61. The summed E-state index contributed by atoms with van der Waals surface area (Å²) in [6, 6.07) is 3.49. The summed E-state index contributed by atoms with van der Waals surface area (Å²) in [4.78, 5) is 23.6. The van der Waals surface area contributed by atoms with Gasteiger partial charge in [-0.25, -0.2) is 4.18 Å². The molecule has 0 aromatic heterocycles. The lowest BCUT2D eigenvalue weighted by Gasteiger charge is -2.24. The number of benzene rings is 1. The molecule has 0 amide bonds. The van der Waals surface area contributed by atoms with E-state index in [9.17, 15) is 43.5 Å². The van der Waals surface area contributed by atoms with Crippen molar-refractivity contribution in [2.24, 2.45) is 0 Å². The Kier molecular flexibility index (Phi) is 8.19. The topological polar surface area (TPSA) is 219 Å². The lowest BCUT2D eigenvalue weighted by atomic mass is 9.98. The minimum atomic E-state index is -4.95. The first-order valence-corrected chi connectivity index (χ1v) is 8.82. The largest absolute Gasteiger partial charge is 0.504 e. The number of hydrogen-bond acceptors (Lipinski definition) is 11. The zero-order chi connectivity index (χ0) is 21.6. The van der Waals surface area contributed by atoms with Crippen LogP contribution < -0.4 is 0 Å². The van der Waals surface area contributed by atoms with Crippen LogP contribution in [0.15, 0.2) is 24.3 Å². The van der Waals surface area contributed by atoms with Gasteiger partial charge in [0.05, 0.1) is 6.61 Å². The summed E-state index contributed by atoms with van der Waals surface area (Å²) in [5, 5.41) is 56.9. The number of aliphatic hydroxyl groups excluding tert-OH is 4. The standard InChI is InChI=1S/C15H18O12S/c16-8-3-1-7(5-10(8)18)2-4-9(17)12(20)14(22)15(23)13(21)11(19)6-27-28(24,25)26/h1-5,11,13-16,18-19,21-23H,6H2,(H,24,25,26)/b4-2+/t11-,13-,14+,15+/m1/s1. The molecular weight excluding hydrogens is 404 g/mol. The van der Waals surface area contributed by atoms with Crippen LogP contribution in [0, 0.1) is 0 Å². The van der Waals surface area contributed by atoms with Gasteiger partial charge in [-0.2, -0.15) is 8.42 Å². The Morgan fingerprint density at radius 2 is 1.64 bits per heavy atom. The summed E-state index contributed by atoms with van der Waals surface area (Å²) in [6.45, 7) is -1.20. The van der Waals surface area contributed by atoms with Crippen molar-refractivity contribution in [2.75, 3.05) is 6.61 Å². The molecule has 0 aliphatic heterocycles. The molecule has 156 valence electrons. The Morgan fingerprint density at radius 3 is 2.18 bits per heavy atom. The maximum Gasteiger partial charge on any atom is 0.397 e. The number of rotatable bonds is 10. The lowest BCUT2D eigenvalue weighted by Crippen LogP contribution is -2.50. The van der Waals surface area contributed by atoms with Crippen molar-refractivity contribution in [3.05, 3.63) is 29.8 Å². The number of aliphatic hydroxyl groups is 4. The van der Waals surface area contributed by atoms with Gasteiger partial charge in [0.2, 0.25) is 11.6 Å². The molecule has 1 aromatic carbocycles. The van der Waals surface area contributed by atoms with E-state index in [1.165, 1.54) is 6.07 Å². The fourth-order valence-electron chi connectivity index (χ4n) is 1.87. The highest BCUT2D eigenvalue weighted by atomic mass is 32.3. The fraction of sp³-hybridized carbons (Fsp3) is 0.333. The van der Waals surface area contributed by atoms with Crippen LogP contribution in [0.3, 0.4) is 0 Å². The molecule has 0 aliphatic carbocycles. The molecule has 0 heterocycles. The second kappa shape index (κ2) is 9.70. The van der Waals surface area contributed by atoms with Gasteiger partial charge in [-0.05, 0) is 23.8 Å². The number of aromatic hydroxyl groups is 2. The number of phenols is 2. The monoisotopic (exact) mass is 422 g/mol. The SMILES string of the molecule is O=C(/C=C/c1ccc(O)c(O)c1)C(=O)[C@H](O)[C@@H](O)[C@H](O)[C@H](O)COS(=O)(=O)O. The molecule has 1 rings (SSSR count). The van der Waals surface area contributed by atoms with Crippen molar-refractivity contribution < 1.29 is 57.4 Å². The number of phenolic OH excluding ortho intramolecular Hbond substituents is 2. The van der Waals surface area contributed by atoms with Gasteiger partial charge in [-0.3, -0.25) is 14.1 Å². The quantitative estimate of drug-likeness (QED) is 0.0901. The zero-order valence-corrected chi connectivity index (χ0v) is 14.8. The molecule has 0 aliphatic rings. The van der Waals surface area contributed by atoms with Crippen molar-refractivity contribution in [2.45, 2.75) is 24.4 Å². The van der Waals surface area contributed by atoms with Crippen LogP contribution in [0.4, 0.5) is 0 Å². The number of hydrogen-bond donors (Lipinski definition) is 7. The first-order chi connectivity index (χ1) is 12.8. The van der Waals surface area contributed by atoms with Gasteiger partial charge in [0.25, 0.3) is 0 Å². The zero-order valence-electron chi connectivity index (χ0n) is 14.0. The molecule has 0 spiro atoms. The van der Waals surface area contributed by atoms with E-state index < -0.39 is 64.5 Å². The van der Waals surface area contributed by atoms with Crippen LogP contribution in [0.2, 0.25) is 0 Å². The van der Waals surface area contributed by atoms with E-state index in [4.69, 9.17) is 9.66 Å². The average Bonchev–Trinajstić information content (AvgIpc) is 2.63. The summed E-state index contributed by atoms with van der Waals surface area (Å²) in [6.07, 6.45) is -7.54. The van der Waals surface area contributed by atoms with Gasteiger partial charge in [0.1, 0.15) is 24.4 Å². The van der Waals surface area contributed by atoms with Gasteiger partial charge >= 0.3 is 10.4 Å². The molecule has 12 nitrogen and oxygen atoms in total. The van der Waals surface area contributed by atoms with E-state index in [-0.39, 0.29) is 5.56 Å². The highest BCUT2D eigenvalue weighted by molar-refractivity contribution is 7.80. The third kappa shape index (κ3) is 6.97. The first-order valence-electron chi connectivity index (χ1n) is 7.46. The maximum absolute atomic E-state index is 11.8. The summed E-state index contributed by atoms with van der Waals surface area (Å²) in [7, 11) is -4.95. The van der Waals surface area contributed by atoms with Crippen LogP contribution in [-0.2, 0) is 24.2 Å². The Bertz CT molecular complexity index is 847. The average molecular weight is 422 g/mol. The molecule has 0 saturated heterocycles. The normalized spacial score (nSPS) is 16.5. The van der Waals surface area contributed by atoms with Crippen LogP contribution in [0.1, 0.15) is 5.56 Å². The first kappa shape index (κ1) is 23.6. The number of carbonyl (C=O) groups is 2. The smallest absolute Gasteiger partial charge is 0.397 e. The minimum Gasteiger partial charge on any atom is -0.504 e. The third-order valence-electron chi connectivity index (χ3n) is 3.39. The minimum absolute atomic E-state index is 0.212. The van der Waals surface area contributed by atoms with Gasteiger partial charge in [-0.1, -0.05) is 12.1 Å². The lowest BCUT2D eigenvalue weighted by molar-refractivity contribution is -0.152. The Hall–Kier alpha value is -2.39. The second-order valence-electron chi connectivity index (χ2n) is 5.52. The van der Waals surface area contributed by atoms with Gasteiger partial charge in [0.15, 0.2) is 11.5 Å². The maximum atomic E-state index is 11.8. The number of Topliss-reactive ketones (excluding diaryl/α,β-unsaturated/α-hetero) is 1. The van der Waals surface area contributed by atoms with Crippen LogP contribution in [0.5, 0.6) is 11.5 Å². The molecule has 0 saturated carbocycles. The number of ketones is 2. The Labute approximate surface area is 158 Å². The molecular formula is C15H18O12S. The van der Waals surface area contributed by atoms with E-state index in [1.807, 2.05) is 0 Å². The fourth-order valence-corrected chi connectivity index (χ4v) is 2.18. The molecule has 0 fully saturated rings. The van der Waals surface area contributed by atoms with Crippen LogP contribution >= 0.6 is 0 Å². The molecule has 0 unspecified atom stereocenters. The van der Waals surface area contributed by atoms with Crippen molar-refractivity contribution in [3.63, 3.8) is 0 Å². The molecule has 4 atom stereocenters. The summed E-state index contributed by atoms with van der Waals surface area (Å²) < 4.78 is 32.9. The third-order valence-corrected chi connectivity index (χ3v) is 3.83. The van der Waals surface area contributed by atoms with E-state index in [0.717, 1.165) is 18.2 Å². The molecule has 0 bridgehead atoms. The van der Waals surface area contributed by atoms with Crippen LogP contribution in [0.25, 0.3) is 6.08 Å². The van der Waals surface area contributed by atoms with Gasteiger partial charge in [0, 0.05) is 0 Å². The van der Waals surface area contributed by atoms with E-state index >= 15 is 0 Å². The number of carbonyl (C=O) groups excluding carboxylic acids is 2. The summed E-state index contributed by atoms with van der Waals surface area (Å²) >= 11 is 0. The van der Waals surface area contributed by atoms with E-state index in [2.05, 4.69) is 4.18 Å². The predicted octanol–water partition coefficient (Wildman–Crippen LogP) is -2.49. The molecule has 1 aromatic rings. The van der Waals surface area contributed by atoms with Gasteiger partial charge < -0.3 is 30.6 Å². The summed E-state index contributed by atoms with van der Waals surface area (Å²) in [5.41, 5.74) is 0.212. The summed E-state index contributed by atoms with van der Waals surface area (Å²) in [5.74, 6) is -3.77. The van der Waals surface area contributed by atoms with Crippen molar-refractivity contribution in [1.29, 1.82) is 0 Å². The molecule has 7 N–H and O–H groups in total. The number of allylic oxidation sites excluding steroid dienone is 1. The Balaban J connectivity index is 2.74. The van der Waals surface area contributed by atoms with E-state index in [0.29, 0.717) is 6.08 Å². The van der Waals surface area contributed by atoms with Crippen molar-refractivity contribution >= 4 is 28.0 Å². The Morgan fingerprint density at radius 1 is 1.04 bits per heavy atom. The molecule has 28 heavy (non-hydrogen) atoms. The highest BCUT2D eigenvalue weighted by Gasteiger charge is 2.36. The van der Waals surface area contributed by atoms with E-state index in [1.54, 1.807) is 0 Å². The van der Waals surface area contributed by atoms with Gasteiger partial charge in [-0.15, -0.1) is 0 Å². The highest BCUT2D eigenvalue weighted by Crippen LogP contribution is 2.25. The van der Waals surface area contributed by atoms with Crippen molar-refractivity contribution in [1.82, 2.24) is 0 Å². The van der Waals surface area contributed by atoms with Crippen molar-refractivity contribution in [3.8, 4) is 11.5 Å². The van der Waals surface area contributed by atoms with Crippen LogP contribution in [-0.4, -0.2) is 86.2 Å². The molecule has 0 radical (unpaired) electrons.